The molecule has 3 atom stereocenters. The third kappa shape index (κ3) is 6.07. The van der Waals surface area contributed by atoms with Gasteiger partial charge in [-0.05, 0) is 43.9 Å². The lowest BCUT2D eigenvalue weighted by Gasteiger charge is -2.37. The van der Waals surface area contributed by atoms with E-state index in [0.29, 0.717) is 0 Å². The Bertz CT molecular complexity index is 350. The smallest absolute Gasteiger partial charge is 0.126 e. The normalized spacial score (nSPS) is 28.4. The summed E-state index contributed by atoms with van der Waals surface area (Å²) in [6.07, 6.45) is 20.4. The molecule has 2 fully saturated rings. The van der Waals surface area contributed by atoms with Crippen LogP contribution in [0.4, 0.5) is 0 Å². The van der Waals surface area contributed by atoms with E-state index in [1.807, 2.05) is 0 Å². The van der Waals surface area contributed by atoms with Gasteiger partial charge in [-0.1, -0.05) is 71.6 Å². The van der Waals surface area contributed by atoms with Gasteiger partial charge in [-0.15, -0.1) is 0 Å². The Kier molecular flexibility index (Phi) is 9.22. The molecular weight excluding hydrogens is 312 g/mol. The zero-order chi connectivity index (χ0) is 17.3. The van der Waals surface area contributed by atoms with Crippen molar-refractivity contribution in [3.63, 3.8) is 0 Å². The Labute approximate surface area is 155 Å². The highest BCUT2D eigenvalue weighted by molar-refractivity contribution is 7.99. The number of aldehydes is 1. The van der Waals surface area contributed by atoms with Crippen LogP contribution in [0.3, 0.4) is 0 Å². The molecular formula is C22H40OS. The lowest BCUT2D eigenvalue weighted by Crippen LogP contribution is -2.30. The number of hydrogen-bond donors (Lipinski definition) is 0. The molecule has 1 nitrogen and oxygen atoms in total. The number of unbranched alkanes of at least 4 members (excludes halogenated alkanes) is 1. The highest BCUT2D eigenvalue weighted by atomic mass is 32.2. The fourth-order valence-corrected chi connectivity index (χ4v) is 6.66. The number of hydrogen-bond acceptors (Lipinski definition) is 2. The molecule has 2 aliphatic rings. The maximum Gasteiger partial charge on any atom is 0.126 e. The summed E-state index contributed by atoms with van der Waals surface area (Å²) < 4.78 is 0. The first kappa shape index (κ1) is 20.3. The van der Waals surface area contributed by atoms with Gasteiger partial charge in [-0.2, -0.15) is 11.8 Å². The maximum absolute atomic E-state index is 11.8. The second-order valence-corrected chi connectivity index (χ2v) is 9.80. The predicted octanol–water partition coefficient (Wildman–Crippen LogP) is 7.03. The molecule has 0 aromatic heterocycles. The van der Waals surface area contributed by atoms with Crippen LogP contribution in [0.25, 0.3) is 0 Å². The van der Waals surface area contributed by atoms with Gasteiger partial charge in [0, 0.05) is 16.4 Å². The summed E-state index contributed by atoms with van der Waals surface area (Å²) in [5.74, 6) is 3.00. The van der Waals surface area contributed by atoms with Gasteiger partial charge in [-0.25, -0.2) is 0 Å². The van der Waals surface area contributed by atoms with Crippen molar-refractivity contribution in [3.05, 3.63) is 0 Å². The van der Waals surface area contributed by atoms with Crippen molar-refractivity contribution < 1.29 is 4.79 Å². The van der Waals surface area contributed by atoms with E-state index in [9.17, 15) is 4.79 Å². The molecule has 0 N–H and O–H groups in total. The second kappa shape index (κ2) is 10.9. The van der Waals surface area contributed by atoms with E-state index in [-0.39, 0.29) is 5.41 Å². The van der Waals surface area contributed by atoms with Crippen LogP contribution in [0.15, 0.2) is 0 Å². The Morgan fingerprint density at radius 3 is 2.38 bits per heavy atom. The van der Waals surface area contributed by atoms with E-state index in [0.717, 1.165) is 35.7 Å². The molecule has 0 saturated heterocycles. The summed E-state index contributed by atoms with van der Waals surface area (Å²) >= 11 is 2.17. The minimum absolute atomic E-state index is 0.0481. The van der Waals surface area contributed by atoms with E-state index in [1.165, 1.54) is 83.3 Å². The van der Waals surface area contributed by atoms with Gasteiger partial charge in [0.25, 0.3) is 0 Å². The minimum Gasteiger partial charge on any atom is -0.303 e. The molecule has 2 heteroatoms. The molecule has 24 heavy (non-hydrogen) atoms. The van der Waals surface area contributed by atoms with Crippen LogP contribution in [0.1, 0.15) is 104 Å². The molecule has 0 amide bonds. The molecule has 2 aliphatic carbocycles. The largest absolute Gasteiger partial charge is 0.303 e. The third-order valence-electron chi connectivity index (χ3n) is 6.77. The zero-order valence-corrected chi connectivity index (χ0v) is 17.0. The highest BCUT2D eigenvalue weighted by Crippen LogP contribution is 2.42. The maximum atomic E-state index is 11.8. The summed E-state index contributed by atoms with van der Waals surface area (Å²) in [5, 5.41) is 0.827. The van der Waals surface area contributed by atoms with E-state index in [1.54, 1.807) is 0 Å². The lowest BCUT2D eigenvalue weighted by molar-refractivity contribution is -0.115. The Hall–Kier alpha value is 0.0200. The van der Waals surface area contributed by atoms with Crippen LogP contribution in [0.2, 0.25) is 0 Å². The SMILES string of the molecule is CCCCC(C=O)(CC)CSC1CCCCC1CC1CCCCC1. The van der Waals surface area contributed by atoms with Gasteiger partial charge in [-0.3, -0.25) is 0 Å². The average molecular weight is 353 g/mol. The summed E-state index contributed by atoms with van der Waals surface area (Å²) in [4.78, 5) is 11.8. The molecule has 0 heterocycles. The van der Waals surface area contributed by atoms with Gasteiger partial charge >= 0.3 is 0 Å². The summed E-state index contributed by atoms with van der Waals surface area (Å²) in [5.41, 5.74) is -0.0481. The standard InChI is InChI=1S/C22H40OS/c1-3-5-15-22(4-2,17-23)18-24-21-14-10-9-13-20(21)16-19-11-7-6-8-12-19/h17,19-21H,3-16,18H2,1-2H3. The van der Waals surface area contributed by atoms with Gasteiger partial charge < -0.3 is 4.79 Å². The average Bonchev–Trinajstić information content (AvgIpc) is 2.64. The first-order chi connectivity index (χ1) is 11.7. The third-order valence-corrected chi connectivity index (χ3v) is 8.56. The molecule has 2 rings (SSSR count). The molecule has 2 saturated carbocycles. The van der Waals surface area contributed by atoms with E-state index < -0.39 is 0 Å². The number of rotatable bonds is 10. The van der Waals surface area contributed by atoms with Crippen LogP contribution in [-0.2, 0) is 4.79 Å². The van der Waals surface area contributed by atoms with Crippen LogP contribution in [0, 0.1) is 17.3 Å². The van der Waals surface area contributed by atoms with Gasteiger partial charge in [0.2, 0.25) is 0 Å². The first-order valence-electron chi connectivity index (χ1n) is 10.8. The fraction of sp³-hybridized carbons (Fsp3) is 0.955. The molecule has 0 bridgehead atoms. The van der Waals surface area contributed by atoms with Crippen LogP contribution < -0.4 is 0 Å². The van der Waals surface area contributed by atoms with E-state index in [4.69, 9.17) is 0 Å². The number of thioether (sulfide) groups is 1. The first-order valence-corrected chi connectivity index (χ1v) is 11.9. The molecule has 0 aromatic carbocycles. The second-order valence-electron chi connectivity index (χ2n) is 8.57. The Morgan fingerprint density at radius 1 is 1.00 bits per heavy atom. The van der Waals surface area contributed by atoms with E-state index in [2.05, 4.69) is 25.6 Å². The van der Waals surface area contributed by atoms with Crippen LogP contribution >= 0.6 is 11.8 Å². The van der Waals surface area contributed by atoms with Crippen molar-refractivity contribution in [2.45, 2.75) is 109 Å². The minimum atomic E-state index is -0.0481. The molecule has 0 aliphatic heterocycles. The van der Waals surface area contributed by atoms with Crippen molar-refractivity contribution >= 4 is 18.0 Å². The topological polar surface area (TPSA) is 17.1 Å². The Morgan fingerprint density at radius 2 is 1.71 bits per heavy atom. The monoisotopic (exact) mass is 352 g/mol. The Balaban J connectivity index is 1.87. The van der Waals surface area contributed by atoms with Crippen molar-refractivity contribution in [1.82, 2.24) is 0 Å². The van der Waals surface area contributed by atoms with Gasteiger partial charge in [0.1, 0.15) is 6.29 Å². The van der Waals surface area contributed by atoms with Crippen molar-refractivity contribution in [2.24, 2.45) is 17.3 Å². The zero-order valence-electron chi connectivity index (χ0n) is 16.2. The molecule has 0 radical (unpaired) electrons. The highest BCUT2D eigenvalue weighted by Gasteiger charge is 2.33. The van der Waals surface area contributed by atoms with Crippen molar-refractivity contribution in [1.29, 1.82) is 0 Å². The van der Waals surface area contributed by atoms with Crippen molar-refractivity contribution in [2.75, 3.05) is 5.75 Å². The van der Waals surface area contributed by atoms with E-state index >= 15 is 0 Å². The summed E-state index contributed by atoms with van der Waals surface area (Å²) in [6, 6.07) is 0. The molecule has 0 spiro atoms. The van der Waals surface area contributed by atoms with Crippen LogP contribution in [-0.4, -0.2) is 17.3 Å². The van der Waals surface area contributed by atoms with Crippen molar-refractivity contribution in [3.8, 4) is 0 Å². The molecule has 0 aromatic rings. The quantitative estimate of drug-likeness (QED) is 0.392. The predicted molar refractivity (Wildman–Crippen MR) is 108 cm³/mol. The molecule has 3 unspecified atom stereocenters. The molecule has 140 valence electrons. The van der Waals surface area contributed by atoms with Gasteiger partial charge in [0.05, 0.1) is 0 Å². The summed E-state index contributed by atoms with van der Waals surface area (Å²) in [6.45, 7) is 4.45. The number of carbonyl (C=O) groups is 1. The number of carbonyl (C=O) groups excluding carboxylic acids is 1. The summed E-state index contributed by atoms with van der Waals surface area (Å²) in [7, 11) is 0. The van der Waals surface area contributed by atoms with Gasteiger partial charge in [0.15, 0.2) is 0 Å². The lowest BCUT2D eigenvalue weighted by atomic mass is 9.77. The van der Waals surface area contributed by atoms with Crippen LogP contribution in [0.5, 0.6) is 0 Å². The fourth-order valence-electron chi connectivity index (χ4n) is 4.84.